The summed E-state index contributed by atoms with van der Waals surface area (Å²) in [5.41, 5.74) is 2.44. The van der Waals surface area contributed by atoms with Gasteiger partial charge in [0.1, 0.15) is 5.75 Å². The molecule has 0 N–H and O–H groups in total. The van der Waals surface area contributed by atoms with E-state index in [1.807, 2.05) is 17.0 Å². The number of nitrogens with zero attached hydrogens (tertiary/aromatic N) is 2. The molecular weight excluding hydrogens is 392 g/mol. The standard InChI is InChI=1S/C21H23BrN2O2/c1-26-18-4-2-3-17(13-18)23-9-11-24(12-10-23)21(25)20-14-19(20)15-5-7-16(22)8-6-15/h2-8,13,19-20H,9-12,14H2,1H3. The largest absolute Gasteiger partial charge is 0.497 e. The molecule has 4 rings (SSSR count). The van der Waals surface area contributed by atoms with E-state index in [9.17, 15) is 4.79 Å². The lowest BCUT2D eigenvalue weighted by molar-refractivity contribution is -0.132. The zero-order valence-electron chi connectivity index (χ0n) is 14.9. The molecule has 136 valence electrons. The molecule has 1 heterocycles. The smallest absolute Gasteiger partial charge is 0.226 e. The number of amides is 1. The van der Waals surface area contributed by atoms with Gasteiger partial charge in [0.25, 0.3) is 0 Å². The van der Waals surface area contributed by atoms with Crippen molar-refractivity contribution in [2.75, 3.05) is 38.2 Å². The van der Waals surface area contributed by atoms with Crippen molar-refractivity contribution in [1.29, 1.82) is 0 Å². The maximum absolute atomic E-state index is 12.8. The van der Waals surface area contributed by atoms with Gasteiger partial charge in [0.05, 0.1) is 7.11 Å². The molecule has 1 saturated carbocycles. The summed E-state index contributed by atoms with van der Waals surface area (Å²) in [5, 5.41) is 0. The van der Waals surface area contributed by atoms with Crippen LogP contribution in [0.1, 0.15) is 17.9 Å². The molecule has 2 aromatic carbocycles. The van der Waals surface area contributed by atoms with Gasteiger partial charge >= 0.3 is 0 Å². The molecule has 1 amide bonds. The van der Waals surface area contributed by atoms with Crippen molar-refractivity contribution < 1.29 is 9.53 Å². The predicted octanol–water partition coefficient (Wildman–Crippen LogP) is 3.91. The molecule has 2 aromatic rings. The Kier molecular flexibility index (Phi) is 4.90. The molecule has 2 unspecified atom stereocenters. The fourth-order valence-corrected chi connectivity index (χ4v) is 4.04. The van der Waals surface area contributed by atoms with E-state index in [0.717, 1.165) is 48.5 Å². The van der Waals surface area contributed by atoms with E-state index < -0.39 is 0 Å². The lowest BCUT2D eigenvalue weighted by Gasteiger charge is -2.36. The highest BCUT2D eigenvalue weighted by Gasteiger charge is 2.46. The van der Waals surface area contributed by atoms with Crippen molar-refractivity contribution in [2.45, 2.75) is 12.3 Å². The number of ether oxygens (including phenoxy) is 1. The van der Waals surface area contributed by atoms with Gasteiger partial charge in [0.15, 0.2) is 0 Å². The van der Waals surface area contributed by atoms with E-state index in [1.165, 1.54) is 5.56 Å². The molecule has 4 nitrogen and oxygen atoms in total. The Hall–Kier alpha value is -2.01. The molecule has 2 atom stereocenters. The lowest BCUT2D eigenvalue weighted by atomic mass is 10.1. The number of piperazine rings is 1. The first kappa shape index (κ1) is 17.4. The van der Waals surface area contributed by atoms with Crippen LogP contribution in [-0.4, -0.2) is 44.1 Å². The monoisotopic (exact) mass is 414 g/mol. The summed E-state index contributed by atoms with van der Waals surface area (Å²) >= 11 is 3.47. The number of methoxy groups -OCH3 is 1. The molecule has 1 aliphatic carbocycles. The number of hydrogen-bond donors (Lipinski definition) is 0. The molecule has 1 aliphatic heterocycles. The highest BCUT2D eigenvalue weighted by molar-refractivity contribution is 9.10. The first-order valence-corrected chi connectivity index (χ1v) is 9.88. The summed E-state index contributed by atoms with van der Waals surface area (Å²) in [6.07, 6.45) is 0.983. The minimum absolute atomic E-state index is 0.166. The fourth-order valence-electron chi connectivity index (χ4n) is 3.77. The molecule has 5 heteroatoms. The molecule has 0 radical (unpaired) electrons. The Morgan fingerprint density at radius 3 is 2.50 bits per heavy atom. The van der Waals surface area contributed by atoms with E-state index in [4.69, 9.17) is 4.74 Å². The topological polar surface area (TPSA) is 32.8 Å². The van der Waals surface area contributed by atoms with Crippen molar-refractivity contribution in [1.82, 2.24) is 4.90 Å². The minimum atomic E-state index is 0.166. The third-order valence-corrected chi connectivity index (χ3v) is 5.94. The number of carbonyl (C=O) groups excluding carboxylic acids is 1. The molecule has 0 bridgehead atoms. The highest BCUT2D eigenvalue weighted by Crippen LogP contribution is 2.48. The summed E-state index contributed by atoms with van der Waals surface area (Å²) in [5.74, 6) is 1.76. The molecule has 0 aromatic heterocycles. The van der Waals surface area contributed by atoms with E-state index in [0.29, 0.717) is 11.8 Å². The third kappa shape index (κ3) is 3.58. The third-order valence-electron chi connectivity index (χ3n) is 5.42. The van der Waals surface area contributed by atoms with Gasteiger partial charge in [-0.3, -0.25) is 4.79 Å². The summed E-state index contributed by atoms with van der Waals surface area (Å²) in [7, 11) is 1.69. The number of anilines is 1. The first-order valence-electron chi connectivity index (χ1n) is 9.09. The molecule has 0 spiro atoms. The summed E-state index contributed by atoms with van der Waals surface area (Å²) in [6.45, 7) is 3.32. The summed E-state index contributed by atoms with van der Waals surface area (Å²) < 4.78 is 6.39. The average molecular weight is 415 g/mol. The van der Waals surface area contributed by atoms with Crippen LogP contribution in [0.4, 0.5) is 5.69 Å². The van der Waals surface area contributed by atoms with Crippen LogP contribution in [0, 0.1) is 5.92 Å². The second kappa shape index (κ2) is 7.31. The Morgan fingerprint density at radius 1 is 1.08 bits per heavy atom. The fraction of sp³-hybridized carbons (Fsp3) is 0.381. The number of hydrogen-bond acceptors (Lipinski definition) is 3. The van der Waals surface area contributed by atoms with E-state index >= 15 is 0 Å². The van der Waals surface area contributed by atoms with Gasteiger partial charge < -0.3 is 14.5 Å². The number of rotatable bonds is 4. The molecule has 26 heavy (non-hydrogen) atoms. The molecule has 1 saturated heterocycles. The lowest BCUT2D eigenvalue weighted by Crippen LogP contribution is -2.49. The maximum atomic E-state index is 12.8. The van der Waals surface area contributed by atoms with Gasteiger partial charge in [0, 0.05) is 48.3 Å². The second-order valence-electron chi connectivity index (χ2n) is 7.01. The first-order chi connectivity index (χ1) is 12.7. The highest BCUT2D eigenvalue weighted by atomic mass is 79.9. The summed E-state index contributed by atoms with van der Waals surface area (Å²) in [6, 6.07) is 16.5. The van der Waals surface area contributed by atoms with Gasteiger partial charge in [-0.1, -0.05) is 34.1 Å². The zero-order chi connectivity index (χ0) is 18.1. The average Bonchev–Trinajstić information content (AvgIpc) is 3.49. The Morgan fingerprint density at radius 2 is 1.81 bits per heavy atom. The minimum Gasteiger partial charge on any atom is -0.497 e. The molecule has 2 aliphatic rings. The van der Waals surface area contributed by atoms with Crippen molar-refractivity contribution in [3.63, 3.8) is 0 Å². The zero-order valence-corrected chi connectivity index (χ0v) is 16.5. The Labute approximate surface area is 162 Å². The van der Waals surface area contributed by atoms with Crippen LogP contribution < -0.4 is 9.64 Å². The number of benzene rings is 2. The van der Waals surface area contributed by atoms with Crippen molar-refractivity contribution in [2.24, 2.45) is 5.92 Å². The van der Waals surface area contributed by atoms with E-state index in [2.05, 4.69) is 57.2 Å². The van der Waals surface area contributed by atoms with Crippen LogP contribution >= 0.6 is 15.9 Å². The number of carbonyl (C=O) groups is 1. The van der Waals surface area contributed by atoms with E-state index in [-0.39, 0.29) is 5.92 Å². The van der Waals surface area contributed by atoms with Gasteiger partial charge in [-0.05, 0) is 42.2 Å². The second-order valence-corrected chi connectivity index (χ2v) is 7.93. The molecule has 2 fully saturated rings. The van der Waals surface area contributed by atoms with E-state index in [1.54, 1.807) is 7.11 Å². The Balaban J connectivity index is 1.33. The van der Waals surface area contributed by atoms with Crippen molar-refractivity contribution in [3.8, 4) is 5.75 Å². The predicted molar refractivity (Wildman–Crippen MR) is 107 cm³/mol. The van der Waals surface area contributed by atoms with Gasteiger partial charge in [-0.2, -0.15) is 0 Å². The quantitative estimate of drug-likeness (QED) is 0.759. The van der Waals surface area contributed by atoms with Crippen LogP contribution in [0.15, 0.2) is 53.0 Å². The van der Waals surface area contributed by atoms with Crippen LogP contribution in [0.3, 0.4) is 0 Å². The van der Waals surface area contributed by atoms with Crippen LogP contribution in [-0.2, 0) is 4.79 Å². The maximum Gasteiger partial charge on any atom is 0.226 e. The van der Waals surface area contributed by atoms with Crippen LogP contribution in [0.25, 0.3) is 0 Å². The Bertz CT molecular complexity index is 785. The normalized spacial score (nSPS) is 22.2. The van der Waals surface area contributed by atoms with Crippen molar-refractivity contribution >= 4 is 27.5 Å². The number of halogens is 1. The van der Waals surface area contributed by atoms with Gasteiger partial charge in [-0.15, -0.1) is 0 Å². The SMILES string of the molecule is COc1cccc(N2CCN(C(=O)C3CC3c3ccc(Br)cc3)CC2)c1. The van der Waals surface area contributed by atoms with Crippen LogP contribution in [0.5, 0.6) is 5.75 Å². The van der Waals surface area contributed by atoms with Gasteiger partial charge in [0.2, 0.25) is 5.91 Å². The van der Waals surface area contributed by atoms with Crippen LogP contribution in [0.2, 0.25) is 0 Å². The summed E-state index contributed by atoms with van der Waals surface area (Å²) in [4.78, 5) is 17.2. The van der Waals surface area contributed by atoms with Gasteiger partial charge in [-0.25, -0.2) is 0 Å². The molecular formula is C21H23BrN2O2. The van der Waals surface area contributed by atoms with Crippen molar-refractivity contribution in [3.05, 3.63) is 58.6 Å².